The summed E-state index contributed by atoms with van der Waals surface area (Å²) in [5, 5.41) is 3.03. The molecule has 0 fully saturated rings. The fourth-order valence-electron chi connectivity index (χ4n) is 2.79. The zero-order valence-electron chi connectivity index (χ0n) is 14.1. The second-order valence-corrected chi connectivity index (χ2v) is 8.77. The second kappa shape index (κ2) is 8.07. The maximum atomic E-state index is 12.7. The Balaban J connectivity index is 1.79. The molecule has 0 aliphatic carbocycles. The van der Waals surface area contributed by atoms with Gasteiger partial charge in [0.05, 0.1) is 10.9 Å². The number of hydrogen-bond acceptors (Lipinski definition) is 4. The average Bonchev–Trinajstić information content (AvgIpc) is 2.67. The predicted octanol–water partition coefficient (Wildman–Crippen LogP) is 3.12. The first-order valence-corrected chi connectivity index (χ1v) is 10.7. The zero-order chi connectivity index (χ0) is 18.6. The van der Waals surface area contributed by atoms with Crippen molar-refractivity contribution in [3.63, 3.8) is 0 Å². The summed E-state index contributed by atoms with van der Waals surface area (Å²) in [7, 11) is -3.66. The molecule has 1 aliphatic rings. The molecule has 1 aliphatic heterocycles. The highest BCUT2D eigenvalue weighted by atomic mass is 32.2. The van der Waals surface area contributed by atoms with E-state index < -0.39 is 10.0 Å². The Morgan fingerprint density at radius 3 is 2.85 bits per heavy atom. The third-order valence-corrected chi connectivity index (χ3v) is 6.63. The Morgan fingerprint density at radius 2 is 2.04 bits per heavy atom. The lowest BCUT2D eigenvalue weighted by molar-refractivity contribution is 0.0934. The molecule has 1 atom stereocenters. The van der Waals surface area contributed by atoms with Crippen molar-refractivity contribution in [1.29, 1.82) is 0 Å². The normalized spacial score (nSPS) is 16.5. The molecule has 0 aromatic heterocycles. The van der Waals surface area contributed by atoms with Crippen molar-refractivity contribution in [2.75, 3.05) is 12.3 Å². The Labute approximate surface area is 157 Å². The van der Waals surface area contributed by atoms with Crippen LogP contribution in [0, 0.1) is 0 Å². The molecule has 1 unspecified atom stereocenters. The lowest BCUT2D eigenvalue weighted by Gasteiger charge is -2.26. The molecular formula is C19H20N2O3S2. The van der Waals surface area contributed by atoms with Crippen molar-refractivity contribution in [3.8, 4) is 0 Å². The molecular weight excluding hydrogens is 368 g/mol. The first kappa shape index (κ1) is 18.7. The number of carbonyl (C=O) groups excluding carboxylic acids is 1. The summed E-state index contributed by atoms with van der Waals surface area (Å²) in [6.07, 6.45) is 2.30. The number of rotatable bonds is 6. The minimum atomic E-state index is -3.66. The van der Waals surface area contributed by atoms with Crippen LogP contribution in [-0.4, -0.2) is 26.6 Å². The molecule has 7 heteroatoms. The quantitative estimate of drug-likeness (QED) is 0.746. The maximum absolute atomic E-state index is 12.7. The second-order valence-electron chi connectivity index (χ2n) is 5.87. The van der Waals surface area contributed by atoms with Gasteiger partial charge in [-0.1, -0.05) is 30.3 Å². The SMILES string of the molecule is C=CCNS(=O)(=O)c1cccc(C(=O)NC2CCSc3ccccc32)c1. The predicted molar refractivity (Wildman–Crippen MR) is 104 cm³/mol. The van der Waals surface area contributed by atoms with E-state index >= 15 is 0 Å². The van der Waals surface area contributed by atoms with E-state index in [0.717, 1.165) is 17.7 Å². The molecule has 26 heavy (non-hydrogen) atoms. The van der Waals surface area contributed by atoms with E-state index in [4.69, 9.17) is 0 Å². The molecule has 1 amide bonds. The van der Waals surface area contributed by atoms with Crippen LogP contribution in [0.3, 0.4) is 0 Å². The van der Waals surface area contributed by atoms with Gasteiger partial charge in [-0.05, 0) is 36.2 Å². The zero-order valence-corrected chi connectivity index (χ0v) is 15.8. The molecule has 0 radical (unpaired) electrons. The fraction of sp³-hybridized carbons (Fsp3) is 0.211. The minimum Gasteiger partial charge on any atom is -0.345 e. The van der Waals surface area contributed by atoms with Crippen LogP contribution in [0.2, 0.25) is 0 Å². The van der Waals surface area contributed by atoms with Crippen LogP contribution in [0.5, 0.6) is 0 Å². The molecule has 3 rings (SSSR count). The van der Waals surface area contributed by atoms with Crippen LogP contribution in [0.25, 0.3) is 0 Å². The van der Waals surface area contributed by atoms with Crippen LogP contribution in [0.15, 0.2) is 71.0 Å². The monoisotopic (exact) mass is 388 g/mol. The van der Waals surface area contributed by atoms with Crippen LogP contribution in [0.1, 0.15) is 28.4 Å². The number of fused-ring (bicyclic) bond motifs is 1. The van der Waals surface area contributed by atoms with Crippen molar-refractivity contribution >= 4 is 27.7 Å². The highest BCUT2D eigenvalue weighted by molar-refractivity contribution is 7.99. The number of nitrogens with one attached hydrogen (secondary N) is 2. The topological polar surface area (TPSA) is 75.3 Å². The summed E-state index contributed by atoms with van der Waals surface area (Å²) in [5.74, 6) is 0.652. The molecule has 5 nitrogen and oxygen atoms in total. The molecule has 2 aromatic rings. The minimum absolute atomic E-state index is 0.0617. The van der Waals surface area contributed by atoms with Gasteiger partial charge < -0.3 is 5.32 Å². The number of thioether (sulfide) groups is 1. The van der Waals surface area contributed by atoms with Gasteiger partial charge in [0.1, 0.15) is 0 Å². The standard InChI is InChI=1S/C19H20N2O3S2/c1-2-11-20-26(23,24)15-7-5-6-14(13-15)19(22)21-17-10-12-25-18-9-4-3-8-16(17)18/h2-9,13,17,20H,1,10-12H2,(H,21,22). The molecule has 1 heterocycles. The van der Waals surface area contributed by atoms with Crippen LogP contribution < -0.4 is 10.0 Å². The molecule has 0 spiro atoms. The van der Waals surface area contributed by atoms with Gasteiger partial charge in [0.15, 0.2) is 0 Å². The first-order chi connectivity index (χ1) is 12.5. The lowest BCUT2D eigenvalue weighted by atomic mass is 10.0. The van der Waals surface area contributed by atoms with Crippen LogP contribution in [0.4, 0.5) is 0 Å². The lowest BCUT2D eigenvalue weighted by Crippen LogP contribution is -2.31. The largest absolute Gasteiger partial charge is 0.345 e. The van der Waals surface area contributed by atoms with E-state index in [1.54, 1.807) is 23.9 Å². The highest BCUT2D eigenvalue weighted by Crippen LogP contribution is 2.35. The van der Waals surface area contributed by atoms with Gasteiger partial charge in [-0.3, -0.25) is 4.79 Å². The third-order valence-electron chi connectivity index (χ3n) is 4.09. The summed E-state index contributed by atoms with van der Waals surface area (Å²) in [4.78, 5) is 13.9. The molecule has 0 saturated carbocycles. The number of carbonyl (C=O) groups is 1. The summed E-state index contributed by atoms with van der Waals surface area (Å²) >= 11 is 1.78. The third kappa shape index (κ3) is 4.17. The molecule has 2 aromatic carbocycles. The van der Waals surface area contributed by atoms with Gasteiger partial charge in [-0.2, -0.15) is 0 Å². The summed E-state index contributed by atoms with van der Waals surface area (Å²) in [6.45, 7) is 3.63. The van der Waals surface area contributed by atoms with Crippen molar-refractivity contribution in [2.45, 2.75) is 22.3 Å². The Kier molecular flexibility index (Phi) is 5.80. The smallest absolute Gasteiger partial charge is 0.251 e. The van der Waals surface area contributed by atoms with Gasteiger partial charge in [0.2, 0.25) is 10.0 Å². The van der Waals surface area contributed by atoms with E-state index in [1.807, 2.05) is 18.2 Å². The molecule has 136 valence electrons. The van der Waals surface area contributed by atoms with Gasteiger partial charge >= 0.3 is 0 Å². The molecule has 0 bridgehead atoms. The number of benzene rings is 2. The number of sulfonamides is 1. The van der Waals surface area contributed by atoms with Crippen molar-refractivity contribution < 1.29 is 13.2 Å². The number of hydrogen-bond donors (Lipinski definition) is 2. The van der Waals surface area contributed by atoms with Gasteiger partial charge in [-0.15, -0.1) is 18.3 Å². The van der Waals surface area contributed by atoms with E-state index in [0.29, 0.717) is 5.56 Å². The summed E-state index contributed by atoms with van der Waals surface area (Å²) in [5.41, 5.74) is 1.43. The maximum Gasteiger partial charge on any atom is 0.251 e. The summed E-state index contributed by atoms with van der Waals surface area (Å²) < 4.78 is 26.9. The fourth-order valence-corrected chi connectivity index (χ4v) is 4.96. The van der Waals surface area contributed by atoms with E-state index in [9.17, 15) is 13.2 Å². The van der Waals surface area contributed by atoms with Crippen LogP contribution in [-0.2, 0) is 10.0 Å². The van der Waals surface area contributed by atoms with Gasteiger partial charge in [-0.25, -0.2) is 13.1 Å². The first-order valence-electron chi connectivity index (χ1n) is 8.24. The molecule has 2 N–H and O–H groups in total. The van der Waals surface area contributed by atoms with Crippen molar-refractivity contribution in [2.24, 2.45) is 0 Å². The van der Waals surface area contributed by atoms with E-state index in [2.05, 4.69) is 22.7 Å². The van der Waals surface area contributed by atoms with E-state index in [-0.39, 0.29) is 23.4 Å². The van der Waals surface area contributed by atoms with Gasteiger partial charge in [0.25, 0.3) is 5.91 Å². The van der Waals surface area contributed by atoms with Crippen molar-refractivity contribution in [1.82, 2.24) is 10.0 Å². The summed E-state index contributed by atoms with van der Waals surface area (Å²) in [6, 6.07) is 14.0. The Morgan fingerprint density at radius 1 is 1.23 bits per heavy atom. The van der Waals surface area contributed by atoms with Gasteiger partial charge in [0, 0.05) is 22.8 Å². The van der Waals surface area contributed by atoms with Crippen molar-refractivity contribution in [3.05, 3.63) is 72.3 Å². The average molecular weight is 389 g/mol. The van der Waals surface area contributed by atoms with Crippen LogP contribution >= 0.6 is 11.8 Å². The molecule has 0 saturated heterocycles. The Bertz CT molecular complexity index is 926. The Hall–Kier alpha value is -2.09. The number of amides is 1. The highest BCUT2D eigenvalue weighted by Gasteiger charge is 2.23. The van der Waals surface area contributed by atoms with E-state index in [1.165, 1.54) is 23.1 Å².